The summed E-state index contributed by atoms with van der Waals surface area (Å²) in [6.07, 6.45) is 9.39. The molecule has 1 N–H and O–H groups in total. The highest BCUT2D eigenvalue weighted by Crippen LogP contribution is 2.48. The van der Waals surface area contributed by atoms with Crippen LogP contribution in [0.2, 0.25) is 0 Å². The highest BCUT2D eigenvalue weighted by Gasteiger charge is 2.31. The monoisotopic (exact) mass is 412 g/mol. The van der Waals surface area contributed by atoms with Gasteiger partial charge >= 0.3 is 0 Å². The molecule has 1 fully saturated rings. The topological polar surface area (TPSA) is 81.5 Å². The van der Waals surface area contributed by atoms with Crippen molar-refractivity contribution in [1.29, 1.82) is 0 Å². The zero-order valence-electron chi connectivity index (χ0n) is 17.5. The van der Waals surface area contributed by atoms with E-state index in [-0.39, 0.29) is 0 Å². The second-order valence-electron chi connectivity index (χ2n) is 8.52. The second kappa shape index (κ2) is 7.34. The maximum Gasteiger partial charge on any atom is 0.126 e. The molecule has 4 aromatic rings. The van der Waals surface area contributed by atoms with E-state index in [1.54, 1.807) is 6.20 Å². The molecular formula is C24H24N6O. The molecule has 6 rings (SSSR count). The number of H-pyrrole nitrogens is 1. The van der Waals surface area contributed by atoms with Gasteiger partial charge in [-0.15, -0.1) is 0 Å². The summed E-state index contributed by atoms with van der Waals surface area (Å²) < 4.78 is 8.28. The predicted molar refractivity (Wildman–Crippen MR) is 117 cm³/mol. The number of nitrogens with zero attached hydrogens (tertiary/aromatic N) is 5. The normalized spacial score (nSPS) is 17.9. The molecule has 0 bridgehead atoms. The number of hydrogen-bond donors (Lipinski definition) is 1. The number of nitrogens with one attached hydrogen (secondary N) is 1. The molecule has 4 heterocycles. The Morgan fingerprint density at radius 1 is 1.06 bits per heavy atom. The molecule has 1 aliphatic heterocycles. The standard InChI is InChI=1S/C24H24N6O/c1-15-23(28-29-27-15)17-7-9-25-21(11-17)22-13-30(14-26-22)12-18-8-10-31-24-19(16-5-6-16)3-2-4-20(18)24/h2-4,7,9,11,13-14,16,18H,5-6,8,10,12H2,1H3,(H,27,28,29)/t18-/m0/s1. The molecule has 31 heavy (non-hydrogen) atoms. The van der Waals surface area contributed by atoms with E-state index in [4.69, 9.17) is 4.74 Å². The number of fused-ring (bicyclic) bond motifs is 1. The fraction of sp³-hybridized carbons (Fsp3) is 0.333. The maximum atomic E-state index is 6.11. The Balaban J connectivity index is 1.26. The number of aromatic amines is 1. The van der Waals surface area contributed by atoms with Gasteiger partial charge in [-0.3, -0.25) is 4.98 Å². The van der Waals surface area contributed by atoms with E-state index in [2.05, 4.69) is 54.3 Å². The van der Waals surface area contributed by atoms with Crippen LogP contribution in [0.5, 0.6) is 5.75 Å². The SMILES string of the molecule is Cc1n[nH]nc1-c1ccnc(-c2cn(C[C@@H]3CCOc4c(C5CC5)cccc43)cn2)c1. The number of ether oxygens (including phenoxy) is 1. The molecule has 0 saturated heterocycles. The van der Waals surface area contributed by atoms with Crippen molar-refractivity contribution in [2.24, 2.45) is 0 Å². The van der Waals surface area contributed by atoms with Crippen LogP contribution in [0.4, 0.5) is 0 Å². The summed E-state index contributed by atoms with van der Waals surface area (Å²) in [5.41, 5.74) is 7.13. The molecule has 156 valence electrons. The quantitative estimate of drug-likeness (QED) is 0.523. The van der Waals surface area contributed by atoms with Crippen molar-refractivity contribution in [3.05, 3.63) is 65.9 Å². The number of para-hydroxylation sites is 1. The number of hydrogen-bond acceptors (Lipinski definition) is 5. The van der Waals surface area contributed by atoms with Gasteiger partial charge in [-0.1, -0.05) is 18.2 Å². The number of aryl methyl sites for hydroxylation is 1. The summed E-state index contributed by atoms with van der Waals surface area (Å²) in [6, 6.07) is 10.6. The first-order valence-corrected chi connectivity index (χ1v) is 10.9. The molecule has 0 radical (unpaired) electrons. The lowest BCUT2D eigenvalue weighted by Crippen LogP contribution is -2.19. The van der Waals surface area contributed by atoms with Crippen LogP contribution >= 0.6 is 0 Å². The van der Waals surface area contributed by atoms with Crippen LogP contribution < -0.4 is 4.74 Å². The van der Waals surface area contributed by atoms with E-state index in [1.807, 2.05) is 25.4 Å². The van der Waals surface area contributed by atoms with E-state index >= 15 is 0 Å². The molecule has 1 aromatic carbocycles. The number of aromatic nitrogens is 6. The van der Waals surface area contributed by atoms with Gasteiger partial charge in [-0.05, 0) is 55.4 Å². The fourth-order valence-electron chi connectivity index (χ4n) is 4.55. The summed E-state index contributed by atoms with van der Waals surface area (Å²) in [4.78, 5) is 9.16. The molecule has 1 saturated carbocycles. The zero-order chi connectivity index (χ0) is 20.8. The van der Waals surface area contributed by atoms with E-state index < -0.39 is 0 Å². The molecule has 0 spiro atoms. The lowest BCUT2D eigenvalue weighted by atomic mass is 9.90. The van der Waals surface area contributed by atoms with Gasteiger partial charge in [-0.2, -0.15) is 15.4 Å². The van der Waals surface area contributed by atoms with E-state index in [0.29, 0.717) is 11.8 Å². The minimum absolute atomic E-state index is 0.432. The van der Waals surface area contributed by atoms with E-state index in [1.165, 1.54) is 24.0 Å². The first-order chi connectivity index (χ1) is 15.3. The smallest absolute Gasteiger partial charge is 0.126 e. The van der Waals surface area contributed by atoms with Gasteiger partial charge in [0, 0.05) is 30.4 Å². The average molecular weight is 412 g/mol. The Kier molecular flexibility index (Phi) is 4.33. The van der Waals surface area contributed by atoms with Gasteiger partial charge in [0.1, 0.15) is 17.1 Å². The van der Waals surface area contributed by atoms with Crippen LogP contribution in [0.15, 0.2) is 49.1 Å². The Morgan fingerprint density at radius 2 is 1.97 bits per heavy atom. The Labute approximate surface area is 180 Å². The van der Waals surface area contributed by atoms with Crippen molar-refractivity contribution < 1.29 is 4.74 Å². The molecule has 0 amide bonds. The van der Waals surface area contributed by atoms with Crippen molar-refractivity contribution in [3.63, 3.8) is 0 Å². The molecule has 0 unspecified atom stereocenters. The van der Waals surface area contributed by atoms with Gasteiger partial charge in [0.05, 0.1) is 24.3 Å². The molecule has 1 aliphatic carbocycles. The first-order valence-electron chi connectivity index (χ1n) is 10.9. The predicted octanol–water partition coefficient (Wildman–Crippen LogP) is 4.48. The van der Waals surface area contributed by atoms with Crippen molar-refractivity contribution in [2.45, 2.75) is 44.6 Å². The number of imidazole rings is 1. The van der Waals surface area contributed by atoms with Crippen molar-refractivity contribution in [3.8, 4) is 28.4 Å². The molecule has 7 heteroatoms. The molecule has 3 aromatic heterocycles. The maximum absolute atomic E-state index is 6.11. The lowest BCUT2D eigenvalue weighted by molar-refractivity contribution is 0.256. The van der Waals surface area contributed by atoms with Crippen LogP contribution in [0.3, 0.4) is 0 Å². The zero-order valence-corrected chi connectivity index (χ0v) is 17.5. The van der Waals surface area contributed by atoms with Crippen molar-refractivity contribution in [2.75, 3.05) is 6.61 Å². The van der Waals surface area contributed by atoms with Crippen LogP contribution in [0.25, 0.3) is 22.6 Å². The highest BCUT2D eigenvalue weighted by molar-refractivity contribution is 5.67. The van der Waals surface area contributed by atoms with Gasteiger partial charge in [0.15, 0.2) is 0 Å². The Morgan fingerprint density at radius 3 is 2.81 bits per heavy atom. The summed E-state index contributed by atoms with van der Waals surface area (Å²) in [5, 5.41) is 11.0. The van der Waals surface area contributed by atoms with Crippen LogP contribution in [-0.2, 0) is 6.54 Å². The van der Waals surface area contributed by atoms with E-state index in [0.717, 1.165) is 53.7 Å². The Bertz CT molecular complexity index is 1240. The lowest BCUT2D eigenvalue weighted by Gasteiger charge is -2.28. The summed E-state index contributed by atoms with van der Waals surface area (Å²) in [7, 11) is 0. The van der Waals surface area contributed by atoms with Gasteiger partial charge in [0.25, 0.3) is 0 Å². The number of benzene rings is 1. The van der Waals surface area contributed by atoms with Gasteiger partial charge < -0.3 is 9.30 Å². The Hall–Kier alpha value is -3.48. The largest absolute Gasteiger partial charge is 0.493 e. The minimum Gasteiger partial charge on any atom is -0.493 e. The van der Waals surface area contributed by atoms with Crippen LogP contribution in [-0.4, -0.2) is 36.6 Å². The highest BCUT2D eigenvalue weighted by atomic mass is 16.5. The third-order valence-corrected chi connectivity index (χ3v) is 6.33. The third-order valence-electron chi connectivity index (χ3n) is 6.33. The minimum atomic E-state index is 0.432. The molecule has 1 atom stereocenters. The molecule has 2 aliphatic rings. The summed E-state index contributed by atoms with van der Waals surface area (Å²) in [5.74, 6) is 2.26. The van der Waals surface area contributed by atoms with E-state index in [9.17, 15) is 0 Å². The van der Waals surface area contributed by atoms with Gasteiger partial charge in [-0.25, -0.2) is 4.98 Å². The number of rotatable bonds is 5. The van der Waals surface area contributed by atoms with Crippen molar-refractivity contribution >= 4 is 0 Å². The van der Waals surface area contributed by atoms with Crippen LogP contribution in [0.1, 0.15) is 47.9 Å². The average Bonchev–Trinajstić information content (AvgIpc) is 3.39. The second-order valence-corrected chi connectivity index (χ2v) is 8.52. The summed E-state index contributed by atoms with van der Waals surface area (Å²) >= 11 is 0. The fourth-order valence-corrected chi connectivity index (χ4v) is 4.55. The van der Waals surface area contributed by atoms with Crippen molar-refractivity contribution in [1.82, 2.24) is 29.9 Å². The first kappa shape index (κ1) is 18.3. The molecular weight excluding hydrogens is 388 g/mol. The summed E-state index contributed by atoms with van der Waals surface area (Å²) in [6.45, 7) is 3.61. The number of pyridine rings is 1. The molecule has 7 nitrogen and oxygen atoms in total. The van der Waals surface area contributed by atoms with Gasteiger partial charge in [0.2, 0.25) is 0 Å². The third kappa shape index (κ3) is 3.40. The van der Waals surface area contributed by atoms with Crippen LogP contribution in [0, 0.1) is 6.92 Å².